The Bertz CT molecular complexity index is 367. The van der Waals surface area contributed by atoms with E-state index in [-0.39, 0.29) is 18.0 Å². The van der Waals surface area contributed by atoms with Crippen molar-refractivity contribution in [3.8, 4) is 0 Å². The molecule has 0 aliphatic carbocycles. The number of ether oxygens (including phenoxy) is 1. The first-order valence-corrected chi connectivity index (χ1v) is 5.82. The second kappa shape index (κ2) is 4.93. The van der Waals surface area contributed by atoms with Crippen LogP contribution in [0.4, 0.5) is 4.39 Å². The van der Waals surface area contributed by atoms with Crippen LogP contribution in [0.1, 0.15) is 36.5 Å². The van der Waals surface area contributed by atoms with Crippen molar-refractivity contribution in [2.45, 2.75) is 38.4 Å². The molecule has 2 rings (SSSR count). The van der Waals surface area contributed by atoms with E-state index in [2.05, 4.69) is 0 Å². The summed E-state index contributed by atoms with van der Waals surface area (Å²) in [6.45, 7) is 2.31. The lowest BCUT2D eigenvalue weighted by molar-refractivity contribution is -0.0463. The van der Waals surface area contributed by atoms with Crippen molar-refractivity contribution in [1.29, 1.82) is 0 Å². The van der Waals surface area contributed by atoms with E-state index in [0.29, 0.717) is 12.1 Å². The Hall–Kier alpha value is -0.930. The van der Waals surface area contributed by atoms with Gasteiger partial charge in [-0.2, -0.15) is 0 Å². The van der Waals surface area contributed by atoms with Crippen molar-refractivity contribution in [3.63, 3.8) is 0 Å². The first-order valence-electron chi connectivity index (χ1n) is 5.82. The lowest BCUT2D eigenvalue weighted by Gasteiger charge is -2.29. The van der Waals surface area contributed by atoms with Crippen LogP contribution in [0.15, 0.2) is 18.2 Å². The third kappa shape index (κ3) is 2.42. The highest BCUT2D eigenvalue weighted by atomic mass is 19.1. The van der Waals surface area contributed by atoms with E-state index >= 15 is 0 Å². The second-order valence-corrected chi connectivity index (χ2v) is 4.42. The normalized spacial score (nSPS) is 25.7. The van der Waals surface area contributed by atoms with Gasteiger partial charge in [-0.25, -0.2) is 4.39 Å². The molecule has 1 unspecified atom stereocenters. The number of benzene rings is 1. The first kappa shape index (κ1) is 11.6. The van der Waals surface area contributed by atoms with E-state index in [4.69, 9.17) is 10.5 Å². The molecule has 2 N–H and O–H groups in total. The predicted octanol–water partition coefficient (Wildman–Crippen LogP) is 2.70. The fourth-order valence-electron chi connectivity index (χ4n) is 2.13. The Morgan fingerprint density at radius 2 is 2.25 bits per heavy atom. The monoisotopic (exact) mass is 223 g/mol. The van der Waals surface area contributed by atoms with Gasteiger partial charge < -0.3 is 10.5 Å². The highest BCUT2D eigenvalue weighted by Crippen LogP contribution is 2.31. The topological polar surface area (TPSA) is 35.2 Å². The number of halogens is 1. The zero-order valence-electron chi connectivity index (χ0n) is 9.58. The van der Waals surface area contributed by atoms with Gasteiger partial charge in [-0.05, 0) is 43.4 Å². The van der Waals surface area contributed by atoms with E-state index in [0.717, 1.165) is 24.8 Å². The lowest BCUT2D eigenvalue weighted by Crippen LogP contribution is -2.29. The molecule has 2 nitrogen and oxygen atoms in total. The number of hydrogen-bond acceptors (Lipinski definition) is 2. The minimum Gasteiger partial charge on any atom is -0.369 e. The van der Waals surface area contributed by atoms with E-state index in [1.54, 1.807) is 19.1 Å². The van der Waals surface area contributed by atoms with Crippen LogP contribution in [-0.4, -0.2) is 12.6 Å². The second-order valence-electron chi connectivity index (χ2n) is 4.42. The summed E-state index contributed by atoms with van der Waals surface area (Å²) in [4.78, 5) is 0. The van der Waals surface area contributed by atoms with Crippen LogP contribution >= 0.6 is 0 Å². The Morgan fingerprint density at radius 3 is 2.94 bits per heavy atom. The van der Waals surface area contributed by atoms with Crippen molar-refractivity contribution in [2.75, 3.05) is 6.54 Å². The van der Waals surface area contributed by atoms with Crippen LogP contribution in [0, 0.1) is 12.7 Å². The van der Waals surface area contributed by atoms with E-state index < -0.39 is 0 Å². The smallest absolute Gasteiger partial charge is 0.126 e. The molecule has 0 radical (unpaired) electrons. The van der Waals surface area contributed by atoms with Gasteiger partial charge in [0.15, 0.2) is 0 Å². The summed E-state index contributed by atoms with van der Waals surface area (Å²) in [6, 6.07) is 5.33. The summed E-state index contributed by atoms with van der Waals surface area (Å²) in [7, 11) is 0. The van der Waals surface area contributed by atoms with Crippen molar-refractivity contribution in [1.82, 2.24) is 0 Å². The number of nitrogens with two attached hydrogens (primary N) is 1. The van der Waals surface area contributed by atoms with Crippen molar-refractivity contribution < 1.29 is 9.13 Å². The Labute approximate surface area is 95.6 Å². The van der Waals surface area contributed by atoms with Gasteiger partial charge in [0.2, 0.25) is 0 Å². The van der Waals surface area contributed by atoms with Gasteiger partial charge in [0, 0.05) is 6.54 Å². The SMILES string of the molecule is Cc1ccc([C@H]2CCCC(CN)O2)cc1F. The van der Waals surface area contributed by atoms with Gasteiger partial charge in [0.1, 0.15) is 5.82 Å². The molecule has 2 atom stereocenters. The molecule has 1 aliphatic heterocycles. The maximum Gasteiger partial charge on any atom is 0.126 e. The molecule has 0 amide bonds. The summed E-state index contributed by atoms with van der Waals surface area (Å²) >= 11 is 0. The molecule has 88 valence electrons. The highest BCUT2D eigenvalue weighted by Gasteiger charge is 2.23. The molecule has 0 bridgehead atoms. The molecule has 1 aromatic carbocycles. The molecule has 0 aromatic heterocycles. The summed E-state index contributed by atoms with van der Waals surface area (Å²) in [5.74, 6) is -0.157. The molecule has 1 aromatic rings. The summed E-state index contributed by atoms with van der Waals surface area (Å²) in [5, 5.41) is 0. The largest absolute Gasteiger partial charge is 0.369 e. The Kier molecular flexibility index (Phi) is 3.56. The molecule has 3 heteroatoms. The number of hydrogen-bond donors (Lipinski definition) is 1. The number of aryl methyl sites for hydroxylation is 1. The van der Waals surface area contributed by atoms with Gasteiger partial charge in [-0.1, -0.05) is 12.1 Å². The van der Waals surface area contributed by atoms with E-state index in [1.165, 1.54) is 0 Å². The van der Waals surface area contributed by atoms with E-state index in [1.807, 2.05) is 6.07 Å². The standard InChI is InChI=1S/C13H18FNO/c1-9-5-6-10(7-12(9)14)13-4-2-3-11(8-15)16-13/h5-7,11,13H,2-4,8,15H2,1H3/t11?,13-/m1/s1. The molecule has 1 heterocycles. The van der Waals surface area contributed by atoms with Gasteiger partial charge in [0.25, 0.3) is 0 Å². The fourth-order valence-corrected chi connectivity index (χ4v) is 2.13. The van der Waals surface area contributed by atoms with Crippen LogP contribution in [0.5, 0.6) is 0 Å². The molecule has 0 saturated carbocycles. The molecule has 1 saturated heterocycles. The van der Waals surface area contributed by atoms with Gasteiger partial charge >= 0.3 is 0 Å². The maximum absolute atomic E-state index is 13.4. The Morgan fingerprint density at radius 1 is 1.44 bits per heavy atom. The van der Waals surface area contributed by atoms with Gasteiger partial charge in [0.05, 0.1) is 12.2 Å². The minimum absolute atomic E-state index is 0.0115. The highest BCUT2D eigenvalue weighted by molar-refractivity contribution is 5.25. The van der Waals surface area contributed by atoms with Crippen LogP contribution < -0.4 is 5.73 Å². The summed E-state index contributed by atoms with van der Waals surface area (Å²) < 4.78 is 19.3. The average molecular weight is 223 g/mol. The average Bonchev–Trinajstić information content (AvgIpc) is 2.33. The molecule has 1 aliphatic rings. The summed E-state index contributed by atoms with van der Waals surface area (Å²) in [5.41, 5.74) is 7.21. The molecule has 0 spiro atoms. The molecular weight excluding hydrogens is 205 g/mol. The summed E-state index contributed by atoms with van der Waals surface area (Å²) in [6.07, 6.45) is 3.21. The Balaban J connectivity index is 2.13. The van der Waals surface area contributed by atoms with Crippen LogP contribution in [0.2, 0.25) is 0 Å². The molecule has 16 heavy (non-hydrogen) atoms. The predicted molar refractivity (Wildman–Crippen MR) is 61.7 cm³/mol. The van der Waals surface area contributed by atoms with Crippen molar-refractivity contribution in [2.24, 2.45) is 5.73 Å². The molecular formula is C13H18FNO. The van der Waals surface area contributed by atoms with Crippen molar-refractivity contribution >= 4 is 0 Å². The van der Waals surface area contributed by atoms with Gasteiger partial charge in [-0.3, -0.25) is 0 Å². The zero-order valence-corrected chi connectivity index (χ0v) is 9.58. The quantitative estimate of drug-likeness (QED) is 0.836. The minimum atomic E-state index is -0.157. The third-order valence-corrected chi connectivity index (χ3v) is 3.18. The van der Waals surface area contributed by atoms with Gasteiger partial charge in [-0.15, -0.1) is 0 Å². The van der Waals surface area contributed by atoms with Crippen molar-refractivity contribution in [3.05, 3.63) is 35.1 Å². The third-order valence-electron chi connectivity index (χ3n) is 3.18. The fraction of sp³-hybridized carbons (Fsp3) is 0.538. The maximum atomic E-state index is 13.4. The van der Waals surface area contributed by atoms with Crippen LogP contribution in [0.25, 0.3) is 0 Å². The zero-order chi connectivity index (χ0) is 11.5. The first-order chi connectivity index (χ1) is 7.70. The van der Waals surface area contributed by atoms with E-state index in [9.17, 15) is 4.39 Å². The number of rotatable bonds is 2. The lowest BCUT2D eigenvalue weighted by atomic mass is 9.97. The van der Waals surface area contributed by atoms with Crippen LogP contribution in [0.3, 0.4) is 0 Å². The van der Waals surface area contributed by atoms with Crippen LogP contribution in [-0.2, 0) is 4.74 Å². The molecule has 1 fully saturated rings.